The van der Waals surface area contributed by atoms with Crippen LogP contribution in [0.1, 0.15) is 34.1 Å². The Bertz CT molecular complexity index is 978. The molecule has 0 bridgehead atoms. The van der Waals surface area contributed by atoms with Gasteiger partial charge in [0.2, 0.25) is 17.8 Å². The van der Waals surface area contributed by atoms with Crippen LogP contribution in [0.15, 0.2) is 48.5 Å². The molecule has 2 heterocycles. The number of ether oxygens (including phenoxy) is 2. The topological polar surface area (TPSA) is 84.4 Å². The molecule has 34 heavy (non-hydrogen) atoms. The third-order valence-electron chi connectivity index (χ3n) is 5.62. The Hall–Kier alpha value is -3.55. The minimum Gasteiger partial charge on any atom is -0.494 e. The molecule has 1 fully saturated rings. The lowest BCUT2D eigenvalue weighted by molar-refractivity contribution is 0.340. The van der Waals surface area contributed by atoms with Gasteiger partial charge < -0.3 is 25.0 Å². The SMILES string of the molecule is CCOc1ccc(Nc2nc(Nc3ccc(OCC)cc3)nc(N3CC(C)CC(C)C3)n2)cc1. The van der Waals surface area contributed by atoms with Crippen LogP contribution in [0.2, 0.25) is 0 Å². The van der Waals surface area contributed by atoms with E-state index in [1.54, 1.807) is 0 Å². The van der Waals surface area contributed by atoms with Crippen molar-refractivity contribution in [1.29, 1.82) is 0 Å². The van der Waals surface area contributed by atoms with Crippen molar-refractivity contribution in [3.8, 4) is 11.5 Å². The van der Waals surface area contributed by atoms with Gasteiger partial charge in [-0.15, -0.1) is 0 Å². The van der Waals surface area contributed by atoms with E-state index >= 15 is 0 Å². The van der Waals surface area contributed by atoms with Crippen molar-refractivity contribution in [3.63, 3.8) is 0 Å². The minimum atomic E-state index is 0.494. The molecule has 0 radical (unpaired) electrons. The maximum Gasteiger partial charge on any atom is 0.233 e. The molecule has 0 amide bonds. The van der Waals surface area contributed by atoms with Crippen LogP contribution >= 0.6 is 0 Å². The molecule has 1 saturated heterocycles. The molecule has 0 saturated carbocycles. The Labute approximate surface area is 201 Å². The number of piperidine rings is 1. The Kier molecular flexibility index (Phi) is 7.67. The highest BCUT2D eigenvalue weighted by Gasteiger charge is 2.24. The fraction of sp³-hybridized carbons (Fsp3) is 0.423. The number of rotatable bonds is 9. The van der Waals surface area contributed by atoms with E-state index < -0.39 is 0 Å². The fourth-order valence-corrected chi connectivity index (χ4v) is 4.30. The molecule has 0 aliphatic carbocycles. The summed E-state index contributed by atoms with van der Waals surface area (Å²) in [6, 6.07) is 15.6. The molecule has 1 aliphatic heterocycles. The number of hydrogen-bond donors (Lipinski definition) is 2. The summed E-state index contributed by atoms with van der Waals surface area (Å²) in [4.78, 5) is 16.4. The first-order valence-corrected chi connectivity index (χ1v) is 12.0. The van der Waals surface area contributed by atoms with E-state index in [1.165, 1.54) is 6.42 Å². The van der Waals surface area contributed by atoms with E-state index in [1.807, 2.05) is 62.4 Å². The van der Waals surface area contributed by atoms with Crippen molar-refractivity contribution in [1.82, 2.24) is 15.0 Å². The van der Waals surface area contributed by atoms with Crippen LogP contribution in [-0.2, 0) is 0 Å². The lowest BCUT2D eigenvalue weighted by Gasteiger charge is -2.35. The van der Waals surface area contributed by atoms with Gasteiger partial charge in [-0.05, 0) is 80.6 Å². The molecule has 1 aliphatic rings. The van der Waals surface area contributed by atoms with Gasteiger partial charge in [0.15, 0.2) is 0 Å². The molecule has 180 valence electrons. The van der Waals surface area contributed by atoms with Crippen LogP contribution in [0.3, 0.4) is 0 Å². The second-order valence-corrected chi connectivity index (χ2v) is 8.80. The Morgan fingerprint density at radius 1 is 0.735 bits per heavy atom. The second-order valence-electron chi connectivity index (χ2n) is 8.80. The van der Waals surface area contributed by atoms with E-state index in [-0.39, 0.29) is 0 Å². The summed E-state index contributed by atoms with van der Waals surface area (Å²) in [5.41, 5.74) is 1.76. The molecule has 8 nitrogen and oxygen atoms in total. The van der Waals surface area contributed by atoms with Gasteiger partial charge >= 0.3 is 0 Å². The molecular weight excluding hydrogens is 428 g/mol. The zero-order valence-electron chi connectivity index (χ0n) is 20.4. The predicted octanol–water partition coefficient (Wildman–Crippen LogP) is 5.64. The molecule has 1 aromatic heterocycles. The monoisotopic (exact) mass is 462 g/mol. The van der Waals surface area contributed by atoms with Crippen molar-refractivity contribution < 1.29 is 9.47 Å². The predicted molar refractivity (Wildman–Crippen MR) is 137 cm³/mol. The van der Waals surface area contributed by atoms with Crippen molar-refractivity contribution in [2.45, 2.75) is 34.1 Å². The molecule has 4 rings (SSSR count). The third kappa shape index (κ3) is 6.27. The van der Waals surface area contributed by atoms with E-state index in [0.29, 0.717) is 42.9 Å². The summed E-state index contributed by atoms with van der Waals surface area (Å²) in [7, 11) is 0. The Morgan fingerprint density at radius 3 is 1.59 bits per heavy atom. The molecule has 8 heteroatoms. The maximum atomic E-state index is 5.54. The summed E-state index contributed by atoms with van der Waals surface area (Å²) in [6.45, 7) is 11.6. The first-order chi connectivity index (χ1) is 16.5. The molecule has 2 N–H and O–H groups in total. The van der Waals surface area contributed by atoms with Gasteiger partial charge in [-0.2, -0.15) is 15.0 Å². The van der Waals surface area contributed by atoms with E-state index in [0.717, 1.165) is 36.0 Å². The van der Waals surface area contributed by atoms with E-state index in [4.69, 9.17) is 19.4 Å². The number of benzene rings is 2. The summed E-state index contributed by atoms with van der Waals surface area (Å²) >= 11 is 0. The highest BCUT2D eigenvalue weighted by atomic mass is 16.5. The van der Waals surface area contributed by atoms with Gasteiger partial charge in [0.1, 0.15) is 11.5 Å². The Morgan fingerprint density at radius 2 is 1.18 bits per heavy atom. The van der Waals surface area contributed by atoms with Crippen LogP contribution in [0.4, 0.5) is 29.2 Å². The van der Waals surface area contributed by atoms with Crippen LogP contribution in [0.5, 0.6) is 11.5 Å². The molecule has 2 unspecified atom stereocenters. The van der Waals surface area contributed by atoms with Crippen molar-refractivity contribution in [2.24, 2.45) is 11.8 Å². The lowest BCUT2D eigenvalue weighted by atomic mass is 9.92. The quantitative estimate of drug-likeness (QED) is 0.423. The van der Waals surface area contributed by atoms with Crippen molar-refractivity contribution in [2.75, 3.05) is 41.8 Å². The first-order valence-electron chi connectivity index (χ1n) is 12.0. The number of nitrogens with zero attached hydrogens (tertiary/aromatic N) is 4. The van der Waals surface area contributed by atoms with Crippen LogP contribution in [0.25, 0.3) is 0 Å². The second kappa shape index (κ2) is 11.0. The van der Waals surface area contributed by atoms with Gasteiger partial charge in [0.25, 0.3) is 0 Å². The lowest BCUT2D eigenvalue weighted by Crippen LogP contribution is -2.39. The number of aromatic nitrogens is 3. The molecule has 0 spiro atoms. The molecule has 2 atom stereocenters. The van der Waals surface area contributed by atoms with Crippen LogP contribution in [0, 0.1) is 11.8 Å². The smallest absolute Gasteiger partial charge is 0.233 e. The highest BCUT2D eigenvalue weighted by Crippen LogP contribution is 2.27. The number of anilines is 5. The summed E-state index contributed by atoms with van der Waals surface area (Å²) in [6.07, 6.45) is 1.22. The van der Waals surface area contributed by atoms with Crippen LogP contribution < -0.4 is 25.0 Å². The number of hydrogen-bond acceptors (Lipinski definition) is 8. The fourth-order valence-electron chi connectivity index (χ4n) is 4.30. The zero-order valence-corrected chi connectivity index (χ0v) is 20.4. The summed E-state index contributed by atoms with van der Waals surface area (Å²) < 4.78 is 11.1. The number of nitrogens with one attached hydrogen (secondary N) is 2. The normalized spacial score (nSPS) is 17.8. The maximum absolute atomic E-state index is 5.54. The van der Waals surface area contributed by atoms with Gasteiger partial charge in [0, 0.05) is 24.5 Å². The van der Waals surface area contributed by atoms with E-state index in [2.05, 4.69) is 34.4 Å². The van der Waals surface area contributed by atoms with Gasteiger partial charge in [-0.1, -0.05) is 13.8 Å². The minimum absolute atomic E-state index is 0.494. The third-order valence-corrected chi connectivity index (χ3v) is 5.62. The standard InChI is InChI=1S/C26H34N6O2/c1-5-33-22-11-7-20(8-12-22)27-24-29-25(28-21-9-13-23(14-10-21)34-6-2)31-26(30-24)32-16-18(3)15-19(4)17-32/h7-14,18-19H,5-6,15-17H2,1-4H3,(H2,27,28,29,30,31). The van der Waals surface area contributed by atoms with E-state index in [9.17, 15) is 0 Å². The summed E-state index contributed by atoms with van der Waals surface area (Å²) in [5, 5.41) is 6.65. The van der Waals surface area contributed by atoms with Crippen molar-refractivity contribution in [3.05, 3.63) is 48.5 Å². The Balaban J connectivity index is 1.60. The van der Waals surface area contributed by atoms with Crippen molar-refractivity contribution >= 4 is 29.2 Å². The summed E-state index contributed by atoms with van der Waals surface area (Å²) in [5.74, 6) is 4.50. The largest absolute Gasteiger partial charge is 0.494 e. The van der Waals surface area contributed by atoms with Gasteiger partial charge in [-0.3, -0.25) is 0 Å². The molecule has 3 aromatic rings. The molecular formula is C26H34N6O2. The van der Waals surface area contributed by atoms with Gasteiger partial charge in [0.05, 0.1) is 13.2 Å². The van der Waals surface area contributed by atoms with Gasteiger partial charge in [-0.25, -0.2) is 0 Å². The average molecular weight is 463 g/mol. The van der Waals surface area contributed by atoms with Crippen LogP contribution in [-0.4, -0.2) is 41.3 Å². The first kappa shape index (κ1) is 23.6. The average Bonchev–Trinajstić information content (AvgIpc) is 2.81. The highest BCUT2D eigenvalue weighted by molar-refractivity contribution is 5.60. The molecule has 2 aromatic carbocycles. The zero-order chi connectivity index (χ0) is 23.9.